The second-order valence-electron chi connectivity index (χ2n) is 4.97. The van der Waals surface area contributed by atoms with E-state index in [1.54, 1.807) is 7.11 Å². The zero-order valence-corrected chi connectivity index (χ0v) is 10.6. The van der Waals surface area contributed by atoms with Crippen LogP contribution in [0.3, 0.4) is 0 Å². The van der Waals surface area contributed by atoms with E-state index in [-0.39, 0.29) is 12.1 Å². The summed E-state index contributed by atoms with van der Waals surface area (Å²) in [5.74, 6) is 2.20. The first-order valence-corrected chi connectivity index (χ1v) is 6.47. The van der Waals surface area contributed by atoms with Crippen molar-refractivity contribution in [2.75, 3.05) is 20.3 Å². The van der Waals surface area contributed by atoms with Crippen molar-refractivity contribution < 1.29 is 14.2 Å². The summed E-state index contributed by atoms with van der Waals surface area (Å²) in [6.45, 7) is 1.21. The van der Waals surface area contributed by atoms with E-state index in [9.17, 15) is 0 Å². The first-order valence-electron chi connectivity index (χ1n) is 6.47. The van der Waals surface area contributed by atoms with Crippen LogP contribution in [0.4, 0.5) is 0 Å². The van der Waals surface area contributed by atoms with Gasteiger partial charge in [0.2, 0.25) is 0 Å². The number of fused-ring (bicyclic) bond motifs is 1. The van der Waals surface area contributed by atoms with Crippen LogP contribution in [-0.4, -0.2) is 26.4 Å². The minimum absolute atomic E-state index is 0.0988. The quantitative estimate of drug-likeness (QED) is 0.885. The molecule has 18 heavy (non-hydrogen) atoms. The van der Waals surface area contributed by atoms with Crippen LogP contribution in [0.25, 0.3) is 0 Å². The Kier molecular flexibility index (Phi) is 3.14. The average Bonchev–Trinajstić information content (AvgIpc) is 3.23. The Bertz CT molecular complexity index is 431. The number of rotatable bonds is 4. The van der Waals surface area contributed by atoms with Crippen LogP contribution in [0.1, 0.15) is 24.4 Å². The third-order valence-electron chi connectivity index (χ3n) is 3.66. The lowest BCUT2D eigenvalue weighted by Crippen LogP contribution is -2.30. The van der Waals surface area contributed by atoms with Crippen molar-refractivity contribution in [2.45, 2.75) is 25.0 Å². The number of methoxy groups -OCH3 is 1. The summed E-state index contributed by atoms with van der Waals surface area (Å²) in [5, 5.41) is 0. The topological polar surface area (TPSA) is 53.7 Å². The molecular formula is C14H19NO3. The van der Waals surface area contributed by atoms with Crippen LogP contribution in [-0.2, 0) is 4.74 Å². The number of hydrogen-bond acceptors (Lipinski definition) is 4. The van der Waals surface area contributed by atoms with Crippen LogP contribution < -0.4 is 15.2 Å². The van der Waals surface area contributed by atoms with E-state index in [0.29, 0.717) is 19.1 Å². The molecule has 1 aromatic rings. The monoisotopic (exact) mass is 249 g/mol. The molecule has 3 rings (SSSR count). The Hall–Kier alpha value is -1.26. The zero-order chi connectivity index (χ0) is 12.5. The standard InChI is InChI=1S/C14H19NO3/c1-16-14(9-2-3-9)13(15)10-4-5-11-12(8-10)18-7-6-17-11/h4-5,8-9,13-14H,2-3,6-7,15H2,1H3. The van der Waals surface area contributed by atoms with Gasteiger partial charge >= 0.3 is 0 Å². The predicted molar refractivity (Wildman–Crippen MR) is 67.9 cm³/mol. The van der Waals surface area contributed by atoms with Crippen molar-refractivity contribution in [3.05, 3.63) is 23.8 Å². The Balaban J connectivity index is 1.82. The largest absolute Gasteiger partial charge is 0.486 e. The molecule has 1 aliphatic heterocycles. The van der Waals surface area contributed by atoms with E-state index in [4.69, 9.17) is 19.9 Å². The molecular weight excluding hydrogens is 230 g/mol. The molecule has 0 aromatic heterocycles. The molecule has 0 bridgehead atoms. The lowest BCUT2D eigenvalue weighted by Gasteiger charge is -2.25. The summed E-state index contributed by atoms with van der Waals surface area (Å²) < 4.78 is 16.6. The number of benzene rings is 1. The van der Waals surface area contributed by atoms with E-state index in [1.165, 1.54) is 12.8 Å². The molecule has 1 fully saturated rings. The van der Waals surface area contributed by atoms with Gasteiger partial charge in [-0.05, 0) is 36.5 Å². The molecule has 2 atom stereocenters. The van der Waals surface area contributed by atoms with Crippen molar-refractivity contribution in [1.29, 1.82) is 0 Å². The van der Waals surface area contributed by atoms with Gasteiger partial charge in [-0.25, -0.2) is 0 Å². The molecule has 0 radical (unpaired) electrons. The summed E-state index contributed by atoms with van der Waals surface area (Å²) >= 11 is 0. The minimum atomic E-state index is -0.0988. The molecule has 1 aliphatic carbocycles. The van der Waals surface area contributed by atoms with E-state index >= 15 is 0 Å². The van der Waals surface area contributed by atoms with Gasteiger partial charge in [0.1, 0.15) is 13.2 Å². The molecule has 98 valence electrons. The highest BCUT2D eigenvalue weighted by atomic mass is 16.6. The van der Waals surface area contributed by atoms with Crippen molar-refractivity contribution in [3.63, 3.8) is 0 Å². The van der Waals surface area contributed by atoms with E-state index in [0.717, 1.165) is 17.1 Å². The third kappa shape index (κ3) is 2.18. The normalized spacial score (nSPS) is 21.4. The van der Waals surface area contributed by atoms with E-state index < -0.39 is 0 Å². The minimum Gasteiger partial charge on any atom is -0.486 e. The van der Waals surface area contributed by atoms with Gasteiger partial charge in [0.15, 0.2) is 11.5 Å². The van der Waals surface area contributed by atoms with Gasteiger partial charge < -0.3 is 19.9 Å². The van der Waals surface area contributed by atoms with Crippen LogP contribution in [0.2, 0.25) is 0 Å². The second-order valence-corrected chi connectivity index (χ2v) is 4.97. The Labute approximate surface area is 107 Å². The van der Waals surface area contributed by atoms with Crippen molar-refractivity contribution in [3.8, 4) is 11.5 Å². The summed E-state index contributed by atoms with van der Waals surface area (Å²) in [6, 6.07) is 5.82. The SMILES string of the molecule is COC(C1CC1)C(N)c1ccc2c(c1)OCCO2. The van der Waals surface area contributed by atoms with Crippen molar-refractivity contribution in [2.24, 2.45) is 11.7 Å². The molecule has 0 amide bonds. The fourth-order valence-corrected chi connectivity index (χ4v) is 2.51. The highest BCUT2D eigenvalue weighted by Gasteiger charge is 2.36. The lowest BCUT2D eigenvalue weighted by molar-refractivity contribution is 0.0622. The molecule has 4 heteroatoms. The second kappa shape index (κ2) is 4.78. The maximum Gasteiger partial charge on any atom is 0.161 e. The smallest absolute Gasteiger partial charge is 0.161 e. The predicted octanol–water partition coefficient (Wildman–Crippen LogP) is 1.88. The number of hydrogen-bond donors (Lipinski definition) is 1. The molecule has 0 saturated heterocycles. The van der Waals surface area contributed by atoms with Crippen LogP contribution in [0.15, 0.2) is 18.2 Å². The fraction of sp³-hybridized carbons (Fsp3) is 0.571. The van der Waals surface area contributed by atoms with Crippen molar-refractivity contribution in [1.82, 2.24) is 0 Å². The Morgan fingerprint density at radius 1 is 1.22 bits per heavy atom. The first kappa shape index (κ1) is 11.8. The maximum absolute atomic E-state index is 6.30. The van der Waals surface area contributed by atoms with E-state index in [2.05, 4.69) is 0 Å². The number of ether oxygens (including phenoxy) is 3. The van der Waals surface area contributed by atoms with Crippen molar-refractivity contribution >= 4 is 0 Å². The number of nitrogens with two attached hydrogens (primary N) is 1. The summed E-state index contributed by atoms with van der Waals surface area (Å²) in [6.07, 6.45) is 2.54. The molecule has 2 aliphatic rings. The van der Waals surface area contributed by atoms with Crippen LogP contribution in [0, 0.1) is 5.92 Å². The van der Waals surface area contributed by atoms with Gasteiger partial charge in [-0.2, -0.15) is 0 Å². The molecule has 1 saturated carbocycles. The summed E-state index contributed by atoms with van der Waals surface area (Å²) in [4.78, 5) is 0. The summed E-state index contributed by atoms with van der Waals surface area (Å²) in [5.41, 5.74) is 7.36. The highest BCUT2D eigenvalue weighted by molar-refractivity contribution is 5.44. The fourth-order valence-electron chi connectivity index (χ4n) is 2.51. The third-order valence-corrected chi connectivity index (χ3v) is 3.66. The van der Waals surface area contributed by atoms with Gasteiger partial charge in [-0.3, -0.25) is 0 Å². The van der Waals surface area contributed by atoms with Gasteiger partial charge in [-0.15, -0.1) is 0 Å². The Morgan fingerprint density at radius 2 is 1.94 bits per heavy atom. The average molecular weight is 249 g/mol. The molecule has 0 spiro atoms. The maximum atomic E-state index is 6.30. The van der Waals surface area contributed by atoms with Crippen LogP contribution in [0.5, 0.6) is 11.5 Å². The molecule has 1 aromatic carbocycles. The molecule has 2 N–H and O–H groups in total. The first-order chi connectivity index (χ1) is 8.79. The van der Waals surface area contributed by atoms with Gasteiger partial charge in [0.05, 0.1) is 12.1 Å². The van der Waals surface area contributed by atoms with Gasteiger partial charge in [0.25, 0.3) is 0 Å². The zero-order valence-electron chi connectivity index (χ0n) is 10.6. The summed E-state index contributed by atoms with van der Waals surface area (Å²) in [7, 11) is 1.74. The van der Waals surface area contributed by atoms with Crippen LogP contribution >= 0.6 is 0 Å². The molecule has 4 nitrogen and oxygen atoms in total. The molecule has 2 unspecified atom stereocenters. The van der Waals surface area contributed by atoms with Gasteiger partial charge in [0, 0.05) is 7.11 Å². The Morgan fingerprint density at radius 3 is 2.61 bits per heavy atom. The lowest BCUT2D eigenvalue weighted by atomic mass is 9.98. The molecule has 1 heterocycles. The van der Waals surface area contributed by atoms with E-state index in [1.807, 2.05) is 18.2 Å². The van der Waals surface area contributed by atoms with Gasteiger partial charge in [-0.1, -0.05) is 6.07 Å². The highest BCUT2D eigenvalue weighted by Crippen LogP contribution is 2.40.